The van der Waals surface area contributed by atoms with Crippen LogP contribution in [0.3, 0.4) is 0 Å². The van der Waals surface area contributed by atoms with Crippen LogP contribution in [0, 0.1) is 11.6 Å². The quantitative estimate of drug-likeness (QED) is 0.131. The van der Waals surface area contributed by atoms with E-state index in [2.05, 4.69) is 19.9 Å². The summed E-state index contributed by atoms with van der Waals surface area (Å²) in [5, 5.41) is 0. The minimum absolute atomic E-state index is 0. The third-order valence-corrected chi connectivity index (χ3v) is 5.20. The Kier molecular flexibility index (Phi) is 16.9. The minimum Gasteiger partial charge on any atom is -0.256 e. The van der Waals surface area contributed by atoms with Crippen molar-refractivity contribution in [2.24, 2.45) is 0 Å². The summed E-state index contributed by atoms with van der Waals surface area (Å²) in [5.41, 5.74) is 5.42. The van der Waals surface area contributed by atoms with Crippen LogP contribution in [-0.2, 0) is 20.1 Å². The number of benzene rings is 2. The molecule has 0 fully saturated rings. The largest absolute Gasteiger partial charge is 3.00 e. The zero-order valence-electron chi connectivity index (χ0n) is 28.9. The Morgan fingerprint density at radius 2 is 0.450 bits per heavy atom. The van der Waals surface area contributed by atoms with Crippen molar-refractivity contribution in [1.29, 1.82) is 0 Å². The minimum atomic E-state index is -10.7. The zero-order chi connectivity index (χ0) is 45.6. The molecule has 0 saturated heterocycles. The van der Waals surface area contributed by atoms with Gasteiger partial charge in [0.25, 0.3) is 0 Å². The first-order valence-corrected chi connectivity index (χ1v) is 21.0. The number of hydrogen-bond donors (Lipinski definition) is 0. The van der Waals surface area contributed by atoms with Crippen molar-refractivity contribution < 1.29 is 104 Å². The zero-order valence-corrected chi connectivity index (χ0v) is 34.0. The number of hydrogen-bond acceptors (Lipinski definition) is 4. The van der Waals surface area contributed by atoms with Crippen LogP contribution in [0.15, 0.2) is 146 Å². The van der Waals surface area contributed by atoms with Crippen LogP contribution in [0.4, 0.5) is 84.3 Å². The predicted octanol–water partition coefficient (Wildman–Crippen LogP) is 18.1. The van der Waals surface area contributed by atoms with Crippen molar-refractivity contribution in [3.8, 4) is 33.9 Å². The summed E-state index contributed by atoms with van der Waals surface area (Å²) < 4.78 is 203. The molecule has 0 N–H and O–H groups in total. The van der Waals surface area contributed by atoms with Crippen molar-refractivity contribution >= 4 is 23.4 Å². The normalized spacial score (nSPS) is 14.3. The molecule has 0 unspecified atom stereocenters. The van der Waals surface area contributed by atoms with Gasteiger partial charge in [-0.25, -0.2) is 8.78 Å². The molecule has 4 nitrogen and oxygen atoms in total. The molecule has 2 aromatic carbocycles. The first-order valence-electron chi connectivity index (χ1n) is 14.9. The Bertz CT molecular complexity index is 1950. The molecule has 336 valence electrons. The maximum Gasteiger partial charge on any atom is 3.00 e. The standard InChI is InChI=1S/2C11H8FN.C10H8N2.3F6P.Ir/c2*12-10-6-4-9(5-7-10)11-3-1-2-8-13-11;1-3-7-11-9(5-1)10-6-2-4-8-12-10;3*1-7(2,3,4,5)6;/h2*1-8H;1-8H;;;;/q;;;3*-1;+3. The van der Waals surface area contributed by atoms with Gasteiger partial charge in [0.15, 0.2) is 0 Å². The van der Waals surface area contributed by atoms with E-state index < -0.39 is 23.4 Å². The monoisotopic (exact) mass is 1130 g/mol. The molecule has 0 aliphatic heterocycles. The Morgan fingerprint density at radius 1 is 0.267 bits per heavy atom. The van der Waals surface area contributed by atoms with Crippen molar-refractivity contribution in [1.82, 2.24) is 19.9 Å². The van der Waals surface area contributed by atoms with Crippen LogP contribution in [0.5, 0.6) is 0 Å². The Hall–Kier alpha value is -4.42. The maximum absolute atomic E-state index is 12.6. The Morgan fingerprint density at radius 3 is 0.617 bits per heavy atom. The van der Waals surface area contributed by atoms with Crippen LogP contribution in [-0.4, -0.2) is 19.9 Å². The number of rotatable bonds is 3. The third kappa shape index (κ3) is 41.7. The molecule has 60 heavy (non-hydrogen) atoms. The van der Waals surface area contributed by atoms with E-state index in [-0.39, 0.29) is 31.7 Å². The second-order valence-electron chi connectivity index (χ2n) is 10.7. The Balaban J connectivity index is 0.000000712. The fourth-order valence-corrected chi connectivity index (χ4v) is 3.34. The average Bonchev–Trinajstić information content (AvgIpc) is 3.07. The third-order valence-electron chi connectivity index (χ3n) is 5.20. The van der Waals surface area contributed by atoms with E-state index in [4.69, 9.17) is 0 Å². The molecule has 6 aromatic rings. The summed E-state index contributed by atoms with van der Waals surface area (Å²) in [5.74, 6) is -0.445. The van der Waals surface area contributed by atoms with Gasteiger partial charge in [0.05, 0.1) is 22.8 Å². The van der Waals surface area contributed by atoms with Gasteiger partial charge >= 0.3 is 119 Å². The number of nitrogens with zero attached hydrogens (tertiary/aromatic N) is 4. The van der Waals surface area contributed by atoms with Gasteiger partial charge in [0.1, 0.15) is 11.6 Å². The van der Waals surface area contributed by atoms with Crippen molar-refractivity contribution in [3.63, 3.8) is 0 Å². The van der Waals surface area contributed by atoms with E-state index in [0.29, 0.717) is 0 Å². The number of aromatic nitrogens is 4. The fraction of sp³-hybridized carbons (Fsp3) is 0. The maximum atomic E-state index is 12.6. The van der Waals surface area contributed by atoms with Crippen molar-refractivity contribution in [3.05, 3.63) is 158 Å². The van der Waals surface area contributed by atoms with E-state index in [1.54, 1.807) is 49.1 Å². The van der Waals surface area contributed by atoms with E-state index in [1.165, 1.54) is 24.3 Å². The Labute approximate surface area is 338 Å². The molecule has 0 radical (unpaired) electrons. The summed E-state index contributed by atoms with van der Waals surface area (Å²) in [7, 11) is -32.0. The van der Waals surface area contributed by atoms with Gasteiger partial charge in [0, 0.05) is 35.9 Å². The van der Waals surface area contributed by atoms with E-state index >= 15 is 0 Å². The SMILES string of the molecule is F[P-](F)(F)(F)(F)F.F[P-](F)(F)(F)(F)F.F[P-](F)(F)(F)(F)F.Fc1ccc(-c2ccccn2)cc1.Fc1ccc(-c2ccccn2)cc1.[Ir+3].c1ccc(-c2ccccn2)nc1. The molecule has 4 aromatic heterocycles. The van der Waals surface area contributed by atoms with Crippen LogP contribution < -0.4 is 0 Å². The molecule has 28 heteroatoms. The average molecular weight is 1130 g/mol. The van der Waals surface area contributed by atoms with Gasteiger partial charge in [-0.1, -0.05) is 24.3 Å². The molecule has 0 bridgehead atoms. The van der Waals surface area contributed by atoms with Crippen molar-refractivity contribution in [2.45, 2.75) is 0 Å². The first-order chi connectivity index (χ1) is 26.0. The second-order valence-corrected chi connectivity index (χ2v) is 16.5. The van der Waals surface area contributed by atoms with Crippen LogP contribution in [0.1, 0.15) is 0 Å². The molecule has 0 amide bonds. The number of pyridine rings is 4. The van der Waals surface area contributed by atoms with E-state index in [9.17, 15) is 84.3 Å². The first kappa shape index (κ1) is 55.6. The molecule has 0 spiro atoms. The molecular formula is C32H24F20IrN4P3. The molecule has 0 aliphatic carbocycles. The molecule has 0 atom stereocenters. The van der Waals surface area contributed by atoms with Gasteiger partial charge in [-0.2, -0.15) is 0 Å². The second kappa shape index (κ2) is 18.3. The molecule has 4 heterocycles. The van der Waals surface area contributed by atoms with E-state index in [1.807, 2.05) is 72.8 Å². The molecule has 0 aliphatic rings. The summed E-state index contributed by atoms with van der Waals surface area (Å²) in [4.78, 5) is 16.7. The molecule has 6 rings (SSSR count). The van der Waals surface area contributed by atoms with Gasteiger partial charge in [-0.05, 0) is 97.1 Å². The van der Waals surface area contributed by atoms with Gasteiger partial charge in [0.2, 0.25) is 0 Å². The van der Waals surface area contributed by atoms with Gasteiger partial charge < -0.3 is 0 Å². The fourth-order valence-electron chi connectivity index (χ4n) is 3.34. The van der Waals surface area contributed by atoms with Crippen LogP contribution >= 0.6 is 23.4 Å². The number of halogens is 20. The molecule has 0 saturated carbocycles. The van der Waals surface area contributed by atoms with Crippen LogP contribution in [0.2, 0.25) is 0 Å². The van der Waals surface area contributed by atoms with Gasteiger partial charge in [-0.3, -0.25) is 19.9 Å². The summed E-state index contributed by atoms with van der Waals surface area (Å²) in [6.07, 6.45) is 6.98. The topological polar surface area (TPSA) is 51.6 Å². The summed E-state index contributed by atoms with van der Waals surface area (Å²) in [6, 6.07) is 35.5. The summed E-state index contributed by atoms with van der Waals surface area (Å²) in [6.45, 7) is 0. The van der Waals surface area contributed by atoms with Gasteiger partial charge in [-0.15, -0.1) is 0 Å². The van der Waals surface area contributed by atoms with Crippen LogP contribution in [0.25, 0.3) is 33.9 Å². The molecular weight excluding hydrogens is 1110 g/mol. The smallest absolute Gasteiger partial charge is 0.256 e. The van der Waals surface area contributed by atoms with E-state index in [0.717, 1.165) is 33.9 Å². The summed E-state index contributed by atoms with van der Waals surface area (Å²) >= 11 is 0. The van der Waals surface area contributed by atoms with Crippen molar-refractivity contribution in [2.75, 3.05) is 0 Å². The predicted molar refractivity (Wildman–Crippen MR) is 187 cm³/mol.